The number of hydrogen-bond donors (Lipinski definition) is 0. The summed E-state index contributed by atoms with van der Waals surface area (Å²) in [6.45, 7) is 0. The third-order valence-corrected chi connectivity index (χ3v) is 14.0. The van der Waals surface area contributed by atoms with Crippen molar-refractivity contribution in [1.82, 2.24) is 0 Å². The van der Waals surface area contributed by atoms with Gasteiger partial charge in [0.05, 0.1) is 5.41 Å². The van der Waals surface area contributed by atoms with Crippen LogP contribution < -0.4 is 0 Å². The number of benzene rings is 10. The van der Waals surface area contributed by atoms with Gasteiger partial charge in [-0.2, -0.15) is 0 Å². The zero-order valence-corrected chi connectivity index (χ0v) is 35.3. The average Bonchev–Trinajstić information content (AvgIpc) is 3.90. The highest BCUT2D eigenvalue weighted by atomic mass is 16.3. The molecule has 0 fully saturated rings. The molecular weight excluding hydrogens is 773 g/mol. The molecule has 0 atom stereocenters. The summed E-state index contributed by atoms with van der Waals surface area (Å²) < 4.78 is 6.53. The quantitative estimate of drug-likeness (QED) is 0.152. The van der Waals surface area contributed by atoms with Crippen LogP contribution >= 0.6 is 0 Å². The second-order valence-electron chi connectivity index (χ2n) is 17.4. The highest BCUT2D eigenvalue weighted by molar-refractivity contribution is 6.22. The summed E-state index contributed by atoms with van der Waals surface area (Å²) in [5.41, 5.74) is 19.1. The molecular formula is C63H42O. The van der Waals surface area contributed by atoms with Gasteiger partial charge in [-0.25, -0.2) is 0 Å². The van der Waals surface area contributed by atoms with Crippen LogP contribution in [-0.2, 0) is 5.41 Å². The van der Waals surface area contributed by atoms with Gasteiger partial charge in [0, 0.05) is 16.3 Å². The maximum absolute atomic E-state index is 6.53. The molecule has 11 aromatic rings. The molecule has 0 aliphatic heterocycles. The van der Waals surface area contributed by atoms with Crippen LogP contribution in [0, 0.1) is 0 Å². The predicted molar refractivity (Wildman–Crippen MR) is 269 cm³/mol. The Morgan fingerprint density at radius 2 is 0.953 bits per heavy atom. The summed E-state index contributed by atoms with van der Waals surface area (Å²) in [6.07, 6.45) is 6.88. The fraction of sp³-hybridized carbons (Fsp3) is 0.0476. The van der Waals surface area contributed by atoms with Crippen molar-refractivity contribution in [2.75, 3.05) is 0 Å². The second-order valence-corrected chi connectivity index (χ2v) is 17.4. The van der Waals surface area contributed by atoms with E-state index in [0.29, 0.717) is 0 Å². The smallest absolute Gasteiger partial charge is 0.143 e. The monoisotopic (exact) mass is 814 g/mol. The van der Waals surface area contributed by atoms with Gasteiger partial charge in [0.25, 0.3) is 0 Å². The molecule has 2 aliphatic rings. The Hall–Kier alpha value is -8.00. The minimum absolute atomic E-state index is 0.454. The normalized spacial score (nSPS) is 14.1. The summed E-state index contributed by atoms with van der Waals surface area (Å²) in [4.78, 5) is 0. The second kappa shape index (κ2) is 14.5. The molecule has 0 saturated carbocycles. The fourth-order valence-electron chi connectivity index (χ4n) is 11.3. The van der Waals surface area contributed by atoms with Crippen LogP contribution in [0.4, 0.5) is 0 Å². The van der Waals surface area contributed by atoms with Crippen molar-refractivity contribution in [2.45, 2.75) is 18.3 Å². The lowest BCUT2D eigenvalue weighted by Crippen LogP contribution is -2.29. The van der Waals surface area contributed by atoms with Gasteiger partial charge in [-0.05, 0) is 131 Å². The number of rotatable bonds is 6. The topological polar surface area (TPSA) is 13.1 Å². The average molecular weight is 815 g/mol. The molecule has 0 spiro atoms. The molecule has 64 heavy (non-hydrogen) atoms. The van der Waals surface area contributed by atoms with Gasteiger partial charge in [-0.15, -0.1) is 0 Å². The molecule has 0 bridgehead atoms. The third-order valence-electron chi connectivity index (χ3n) is 14.0. The molecule has 1 heteroatoms. The number of para-hydroxylation sites is 2. The molecule has 10 aromatic carbocycles. The van der Waals surface area contributed by atoms with Gasteiger partial charge in [0.1, 0.15) is 11.2 Å². The first-order valence-corrected chi connectivity index (χ1v) is 22.5. The van der Waals surface area contributed by atoms with Crippen LogP contribution in [0.5, 0.6) is 0 Å². The third kappa shape index (κ3) is 5.44. The Morgan fingerprint density at radius 1 is 0.375 bits per heavy atom. The van der Waals surface area contributed by atoms with Crippen molar-refractivity contribution in [2.24, 2.45) is 0 Å². The van der Waals surface area contributed by atoms with Gasteiger partial charge in [-0.3, -0.25) is 0 Å². The van der Waals surface area contributed by atoms with Crippen LogP contribution in [0.15, 0.2) is 241 Å². The molecule has 0 unspecified atom stereocenters. The lowest BCUT2D eigenvalue weighted by atomic mass is 9.66. The fourth-order valence-corrected chi connectivity index (χ4v) is 11.3. The van der Waals surface area contributed by atoms with Crippen molar-refractivity contribution < 1.29 is 4.42 Å². The number of hydrogen-bond acceptors (Lipinski definition) is 1. The highest BCUT2D eigenvalue weighted by Crippen LogP contribution is 2.58. The largest absolute Gasteiger partial charge is 0.455 e. The SMILES string of the molecule is C1=CC2=C(CC1)c1ccc(-c3c4ccccc4c(-c4ccccc4)c4ccc(-c5cccc(-c6cccc7c6oc6ccccc67)c5)cc34)cc1C2(c1ccccc1)c1ccccc1. The van der Waals surface area contributed by atoms with Crippen molar-refractivity contribution in [3.05, 3.63) is 258 Å². The first-order chi connectivity index (χ1) is 31.8. The van der Waals surface area contributed by atoms with Gasteiger partial charge in [0.2, 0.25) is 0 Å². The Balaban J connectivity index is 1.07. The van der Waals surface area contributed by atoms with Crippen LogP contribution in [0.25, 0.3) is 93.6 Å². The summed E-state index contributed by atoms with van der Waals surface area (Å²) in [5.74, 6) is 0. The van der Waals surface area contributed by atoms with E-state index in [1.165, 1.54) is 82.8 Å². The summed E-state index contributed by atoms with van der Waals surface area (Å²) in [5, 5.41) is 7.26. The molecule has 0 radical (unpaired) electrons. The van der Waals surface area contributed by atoms with E-state index in [1.54, 1.807) is 0 Å². The van der Waals surface area contributed by atoms with Gasteiger partial charge in [0.15, 0.2) is 0 Å². The van der Waals surface area contributed by atoms with Crippen LogP contribution in [0.1, 0.15) is 35.1 Å². The van der Waals surface area contributed by atoms with Crippen molar-refractivity contribution in [3.8, 4) is 44.5 Å². The van der Waals surface area contributed by atoms with E-state index in [2.05, 4.69) is 224 Å². The van der Waals surface area contributed by atoms with Gasteiger partial charge < -0.3 is 4.42 Å². The van der Waals surface area contributed by atoms with Crippen LogP contribution in [0.2, 0.25) is 0 Å². The zero-order chi connectivity index (χ0) is 42.2. The zero-order valence-electron chi connectivity index (χ0n) is 35.3. The van der Waals surface area contributed by atoms with E-state index in [9.17, 15) is 0 Å². The maximum Gasteiger partial charge on any atom is 0.143 e. The van der Waals surface area contributed by atoms with Crippen molar-refractivity contribution in [1.29, 1.82) is 0 Å². The molecule has 1 heterocycles. The lowest BCUT2D eigenvalue weighted by Gasteiger charge is -2.35. The number of furan rings is 1. The van der Waals surface area contributed by atoms with Gasteiger partial charge >= 0.3 is 0 Å². The van der Waals surface area contributed by atoms with Gasteiger partial charge in [-0.1, -0.05) is 206 Å². The molecule has 1 nitrogen and oxygen atoms in total. The van der Waals surface area contributed by atoms with Crippen LogP contribution in [-0.4, -0.2) is 0 Å². The number of allylic oxidation sites excluding steroid dienone is 4. The van der Waals surface area contributed by atoms with Crippen molar-refractivity contribution in [3.63, 3.8) is 0 Å². The molecule has 2 aliphatic carbocycles. The minimum atomic E-state index is -0.454. The van der Waals surface area contributed by atoms with E-state index >= 15 is 0 Å². The van der Waals surface area contributed by atoms with E-state index in [1.807, 2.05) is 6.07 Å². The minimum Gasteiger partial charge on any atom is -0.455 e. The standard InChI is InChI=1S/C63H42O/c1-4-18-41(19-5-1)60-52-28-10-11-29-53(52)61(45-35-36-50-49-26-12-14-32-57(49)63(58(50)40-45,46-22-6-2-7-23-46)47-24-8-3-9-25-47)56-39-43(34-37-54(56)60)42-20-16-21-44(38-42)48-30-17-31-55-51-27-13-15-33-59(51)64-62(48)55/h1-11,13-25,27-40H,12,26H2. The first-order valence-electron chi connectivity index (χ1n) is 22.5. The predicted octanol–water partition coefficient (Wildman–Crippen LogP) is 17.0. The van der Waals surface area contributed by atoms with E-state index in [4.69, 9.17) is 4.42 Å². The Kier molecular flexibility index (Phi) is 8.33. The van der Waals surface area contributed by atoms with Crippen molar-refractivity contribution >= 4 is 49.1 Å². The van der Waals surface area contributed by atoms with E-state index < -0.39 is 5.41 Å². The molecule has 0 N–H and O–H groups in total. The van der Waals surface area contributed by atoms with Crippen LogP contribution in [0.3, 0.4) is 0 Å². The Morgan fingerprint density at radius 3 is 1.72 bits per heavy atom. The summed E-state index contributed by atoms with van der Waals surface area (Å²) in [7, 11) is 0. The lowest BCUT2D eigenvalue weighted by molar-refractivity contribution is 0.670. The summed E-state index contributed by atoms with van der Waals surface area (Å²) in [6, 6.07) is 80.7. The number of fused-ring (bicyclic) bond motifs is 7. The molecule has 0 amide bonds. The first kappa shape index (κ1) is 36.6. The molecule has 13 rings (SSSR count). The Bertz CT molecular complexity index is 3660. The summed E-state index contributed by atoms with van der Waals surface area (Å²) >= 11 is 0. The highest BCUT2D eigenvalue weighted by Gasteiger charge is 2.47. The maximum atomic E-state index is 6.53. The van der Waals surface area contributed by atoms with E-state index in [0.717, 1.165) is 51.5 Å². The molecule has 300 valence electrons. The molecule has 0 saturated heterocycles. The van der Waals surface area contributed by atoms with E-state index in [-0.39, 0.29) is 0 Å². The molecule has 1 aromatic heterocycles. The Labute approximate surface area is 372 Å².